The standard InChI is InChI=1S/C17H30N4O9S/c1-8(23)13(16(28)19-10(17(29)30)5-6-31-2)21-15(27)11(7-22)20-14(26)9(18)3-4-12(24)25/h8-11,13,22-23H,3-7,18H2,1-2H3,(H,19,28)(H,20,26)(H,21,27)(H,24,25)(H,29,30). The van der Waals surface area contributed by atoms with E-state index in [1.807, 2.05) is 0 Å². The smallest absolute Gasteiger partial charge is 0.326 e. The first kappa shape index (κ1) is 28.6. The molecule has 3 amide bonds. The van der Waals surface area contributed by atoms with Crippen LogP contribution in [-0.2, 0) is 24.0 Å². The number of nitrogens with one attached hydrogen (secondary N) is 3. The summed E-state index contributed by atoms with van der Waals surface area (Å²) in [6.45, 7) is 0.319. The van der Waals surface area contributed by atoms with Crippen molar-refractivity contribution in [2.45, 2.75) is 56.5 Å². The number of rotatable bonds is 15. The summed E-state index contributed by atoms with van der Waals surface area (Å²) in [7, 11) is 0. The fourth-order valence-corrected chi connectivity index (χ4v) is 2.77. The van der Waals surface area contributed by atoms with Crippen molar-refractivity contribution in [3.63, 3.8) is 0 Å². The lowest BCUT2D eigenvalue weighted by atomic mass is 10.1. The van der Waals surface area contributed by atoms with Crippen molar-refractivity contribution in [3.8, 4) is 0 Å². The van der Waals surface area contributed by atoms with E-state index in [1.54, 1.807) is 6.26 Å². The van der Waals surface area contributed by atoms with Crippen LogP contribution in [-0.4, -0.2) is 99.0 Å². The van der Waals surface area contributed by atoms with E-state index < -0.39 is 66.5 Å². The summed E-state index contributed by atoms with van der Waals surface area (Å²) in [5.41, 5.74) is 5.54. The Morgan fingerprint density at radius 1 is 0.935 bits per heavy atom. The van der Waals surface area contributed by atoms with Crippen LogP contribution in [0, 0.1) is 0 Å². The second-order valence-electron chi connectivity index (χ2n) is 6.69. The molecule has 5 unspecified atom stereocenters. The number of carbonyl (C=O) groups excluding carboxylic acids is 3. The van der Waals surface area contributed by atoms with Gasteiger partial charge in [-0.1, -0.05) is 0 Å². The second-order valence-corrected chi connectivity index (χ2v) is 7.68. The van der Waals surface area contributed by atoms with Crippen molar-refractivity contribution in [2.24, 2.45) is 5.73 Å². The van der Waals surface area contributed by atoms with Gasteiger partial charge in [0.05, 0.1) is 18.8 Å². The SMILES string of the molecule is CSCCC(NC(=O)C(NC(=O)C(CO)NC(=O)C(N)CCC(=O)O)C(C)O)C(=O)O. The molecule has 0 aliphatic heterocycles. The minimum Gasteiger partial charge on any atom is -0.481 e. The number of hydrogen-bond acceptors (Lipinski definition) is 9. The molecule has 0 saturated heterocycles. The highest BCUT2D eigenvalue weighted by Gasteiger charge is 2.32. The fraction of sp³-hybridized carbons (Fsp3) is 0.706. The average molecular weight is 467 g/mol. The van der Waals surface area contributed by atoms with Gasteiger partial charge in [-0.25, -0.2) is 4.79 Å². The van der Waals surface area contributed by atoms with Crippen molar-refractivity contribution in [1.82, 2.24) is 16.0 Å². The zero-order chi connectivity index (χ0) is 24.1. The van der Waals surface area contributed by atoms with Crippen LogP contribution < -0.4 is 21.7 Å². The summed E-state index contributed by atoms with van der Waals surface area (Å²) in [6, 6.07) is -5.58. The molecule has 0 heterocycles. The Balaban J connectivity index is 5.10. The maximum Gasteiger partial charge on any atom is 0.326 e. The molecule has 0 fully saturated rings. The summed E-state index contributed by atoms with van der Waals surface area (Å²) in [4.78, 5) is 58.6. The lowest BCUT2D eigenvalue weighted by Gasteiger charge is -2.25. The number of carbonyl (C=O) groups is 5. The van der Waals surface area contributed by atoms with Crippen molar-refractivity contribution in [2.75, 3.05) is 18.6 Å². The topological polar surface area (TPSA) is 228 Å². The van der Waals surface area contributed by atoms with Crippen molar-refractivity contribution in [1.29, 1.82) is 0 Å². The molecule has 178 valence electrons. The molecule has 9 N–H and O–H groups in total. The number of thioether (sulfide) groups is 1. The van der Waals surface area contributed by atoms with Gasteiger partial charge in [-0.2, -0.15) is 11.8 Å². The Morgan fingerprint density at radius 3 is 1.97 bits per heavy atom. The van der Waals surface area contributed by atoms with Gasteiger partial charge < -0.3 is 42.1 Å². The van der Waals surface area contributed by atoms with Crippen LogP contribution in [0.1, 0.15) is 26.2 Å². The van der Waals surface area contributed by atoms with Gasteiger partial charge in [0.1, 0.15) is 18.1 Å². The van der Waals surface area contributed by atoms with Crippen LogP contribution in [0.15, 0.2) is 0 Å². The molecule has 0 aliphatic carbocycles. The minimum absolute atomic E-state index is 0.117. The largest absolute Gasteiger partial charge is 0.481 e. The van der Waals surface area contributed by atoms with E-state index >= 15 is 0 Å². The number of carboxylic acid groups (broad SMARTS) is 2. The molecule has 14 heteroatoms. The maximum absolute atomic E-state index is 12.4. The number of aliphatic hydroxyl groups is 2. The number of carboxylic acids is 2. The predicted octanol–water partition coefficient (Wildman–Crippen LogP) is -3.16. The van der Waals surface area contributed by atoms with Crippen LogP contribution in [0.4, 0.5) is 0 Å². The summed E-state index contributed by atoms with van der Waals surface area (Å²) in [5, 5.41) is 43.6. The van der Waals surface area contributed by atoms with Gasteiger partial charge in [0, 0.05) is 6.42 Å². The van der Waals surface area contributed by atoms with E-state index in [9.17, 15) is 39.3 Å². The predicted molar refractivity (Wildman–Crippen MR) is 110 cm³/mol. The Labute approximate surface area is 183 Å². The quantitative estimate of drug-likeness (QED) is 0.120. The van der Waals surface area contributed by atoms with Crippen LogP contribution in [0.2, 0.25) is 0 Å². The molecule has 0 saturated carbocycles. The van der Waals surface area contributed by atoms with E-state index in [-0.39, 0.29) is 19.3 Å². The molecule has 0 radical (unpaired) electrons. The molecule has 13 nitrogen and oxygen atoms in total. The lowest BCUT2D eigenvalue weighted by molar-refractivity contribution is -0.143. The molecule has 0 aliphatic rings. The first-order chi connectivity index (χ1) is 14.4. The third kappa shape index (κ3) is 11.0. The Hall–Kier alpha value is -2.42. The van der Waals surface area contributed by atoms with E-state index in [0.717, 1.165) is 0 Å². The third-order valence-electron chi connectivity index (χ3n) is 4.11. The number of aliphatic carboxylic acids is 2. The van der Waals surface area contributed by atoms with Gasteiger partial charge in [-0.05, 0) is 31.8 Å². The van der Waals surface area contributed by atoms with Gasteiger partial charge in [0.2, 0.25) is 17.7 Å². The highest BCUT2D eigenvalue weighted by atomic mass is 32.2. The molecule has 0 aromatic carbocycles. The fourth-order valence-electron chi connectivity index (χ4n) is 2.30. The molecular weight excluding hydrogens is 436 g/mol. The first-order valence-corrected chi connectivity index (χ1v) is 10.7. The summed E-state index contributed by atoms with van der Waals surface area (Å²) >= 11 is 1.38. The molecule has 0 spiro atoms. The van der Waals surface area contributed by atoms with Crippen molar-refractivity contribution in [3.05, 3.63) is 0 Å². The normalized spacial score (nSPS) is 15.6. The zero-order valence-corrected chi connectivity index (χ0v) is 18.1. The van der Waals surface area contributed by atoms with Crippen LogP contribution >= 0.6 is 11.8 Å². The first-order valence-electron chi connectivity index (χ1n) is 9.33. The molecule has 0 aromatic rings. The van der Waals surface area contributed by atoms with Crippen molar-refractivity contribution >= 4 is 41.4 Å². The highest BCUT2D eigenvalue weighted by molar-refractivity contribution is 7.98. The average Bonchev–Trinajstić information content (AvgIpc) is 2.70. The van der Waals surface area contributed by atoms with E-state index in [0.29, 0.717) is 5.75 Å². The monoisotopic (exact) mass is 466 g/mol. The van der Waals surface area contributed by atoms with Gasteiger partial charge in [-0.15, -0.1) is 0 Å². The van der Waals surface area contributed by atoms with E-state index in [2.05, 4.69) is 16.0 Å². The van der Waals surface area contributed by atoms with Crippen LogP contribution in [0.3, 0.4) is 0 Å². The Morgan fingerprint density at radius 2 is 1.52 bits per heavy atom. The molecular formula is C17H30N4O9S. The summed E-state index contributed by atoms with van der Waals surface area (Å²) < 4.78 is 0. The summed E-state index contributed by atoms with van der Waals surface area (Å²) in [6.07, 6.45) is -0.128. The molecule has 0 aromatic heterocycles. The molecule has 5 atom stereocenters. The van der Waals surface area contributed by atoms with Crippen molar-refractivity contribution < 1.29 is 44.4 Å². The van der Waals surface area contributed by atoms with E-state index in [4.69, 9.17) is 10.8 Å². The second kappa shape index (κ2) is 14.6. The Bertz CT molecular complexity index is 647. The number of aliphatic hydroxyl groups excluding tert-OH is 2. The number of amides is 3. The van der Waals surface area contributed by atoms with Crippen LogP contribution in [0.5, 0.6) is 0 Å². The van der Waals surface area contributed by atoms with Crippen LogP contribution in [0.25, 0.3) is 0 Å². The molecule has 31 heavy (non-hydrogen) atoms. The van der Waals surface area contributed by atoms with Gasteiger partial charge in [0.25, 0.3) is 0 Å². The molecule has 0 bridgehead atoms. The number of nitrogens with two attached hydrogens (primary N) is 1. The van der Waals surface area contributed by atoms with Gasteiger partial charge >= 0.3 is 11.9 Å². The zero-order valence-electron chi connectivity index (χ0n) is 17.2. The maximum atomic E-state index is 12.4. The summed E-state index contributed by atoms with van der Waals surface area (Å²) in [5.74, 6) is -4.88. The minimum atomic E-state index is -1.56. The highest BCUT2D eigenvalue weighted by Crippen LogP contribution is 2.03. The molecule has 0 rings (SSSR count). The lowest BCUT2D eigenvalue weighted by Crippen LogP contribution is -2.60. The number of hydrogen-bond donors (Lipinski definition) is 8. The Kier molecular flexibility index (Phi) is 13.4. The van der Waals surface area contributed by atoms with Gasteiger partial charge in [-0.3, -0.25) is 19.2 Å². The van der Waals surface area contributed by atoms with Gasteiger partial charge in [0.15, 0.2) is 0 Å². The van der Waals surface area contributed by atoms with E-state index in [1.165, 1.54) is 18.7 Å². The third-order valence-corrected chi connectivity index (χ3v) is 4.75.